The van der Waals surface area contributed by atoms with Crippen LogP contribution in [0.4, 0.5) is 0 Å². The van der Waals surface area contributed by atoms with Gasteiger partial charge in [-0.25, -0.2) is 0 Å². The number of benzene rings is 1. The average molecular weight is 253 g/mol. The molecule has 5 heteroatoms. The maximum absolute atomic E-state index is 5.66. The van der Waals surface area contributed by atoms with Gasteiger partial charge in [0.1, 0.15) is 11.5 Å². The summed E-state index contributed by atoms with van der Waals surface area (Å²) in [5.74, 6) is 7.23. The summed E-state index contributed by atoms with van der Waals surface area (Å²) in [5, 5.41) is 0. The van der Waals surface area contributed by atoms with Crippen LogP contribution in [0.25, 0.3) is 0 Å². The van der Waals surface area contributed by atoms with Crippen molar-refractivity contribution in [2.75, 3.05) is 34.9 Å². The summed E-state index contributed by atoms with van der Waals surface area (Å²) in [6, 6.07) is 5.73. The van der Waals surface area contributed by atoms with Gasteiger partial charge in [-0.2, -0.15) is 0 Å². The highest BCUT2D eigenvalue weighted by Gasteiger charge is 2.19. The first kappa shape index (κ1) is 14.8. The number of methoxy groups -OCH3 is 2. The Balaban J connectivity index is 3.02. The third-order valence-corrected chi connectivity index (χ3v) is 2.88. The molecule has 0 aromatic heterocycles. The summed E-state index contributed by atoms with van der Waals surface area (Å²) >= 11 is 0. The molecule has 0 fully saturated rings. The zero-order chi connectivity index (χ0) is 13.5. The van der Waals surface area contributed by atoms with Crippen molar-refractivity contribution in [3.8, 4) is 11.5 Å². The molecule has 0 spiro atoms. The van der Waals surface area contributed by atoms with E-state index in [9.17, 15) is 0 Å². The lowest BCUT2D eigenvalue weighted by atomic mass is 10.0. The molecule has 1 aromatic rings. The molecule has 0 saturated heterocycles. The van der Waals surface area contributed by atoms with E-state index in [0.29, 0.717) is 0 Å². The van der Waals surface area contributed by atoms with E-state index in [2.05, 4.69) is 10.3 Å². The second-order valence-electron chi connectivity index (χ2n) is 4.39. The van der Waals surface area contributed by atoms with Crippen LogP contribution in [0.1, 0.15) is 18.0 Å². The number of hydrazine groups is 1. The molecule has 0 saturated carbocycles. The molecule has 18 heavy (non-hydrogen) atoms. The predicted molar refractivity (Wildman–Crippen MR) is 72.8 cm³/mol. The number of ether oxygens (including phenoxy) is 2. The van der Waals surface area contributed by atoms with E-state index in [4.69, 9.17) is 15.3 Å². The number of nitrogens with one attached hydrogen (secondary N) is 1. The Hall–Kier alpha value is -1.30. The van der Waals surface area contributed by atoms with Gasteiger partial charge in [-0.1, -0.05) is 6.07 Å². The molecule has 0 bridgehead atoms. The Kier molecular flexibility index (Phi) is 5.91. The van der Waals surface area contributed by atoms with E-state index in [0.717, 1.165) is 30.0 Å². The van der Waals surface area contributed by atoms with Crippen molar-refractivity contribution in [2.24, 2.45) is 5.84 Å². The zero-order valence-electron chi connectivity index (χ0n) is 11.6. The van der Waals surface area contributed by atoms with Gasteiger partial charge in [-0.15, -0.1) is 0 Å². The van der Waals surface area contributed by atoms with Gasteiger partial charge in [-0.05, 0) is 39.2 Å². The molecule has 0 aliphatic heterocycles. The zero-order valence-corrected chi connectivity index (χ0v) is 11.6. The molecule has 0 aliphatic rings. The number of nitrogens with zero attached hydrogens (tertiary/aromatic N) is 1. The Morgan fingerprint density at radius 1 is 1.22 bits per heavy atom. The maximum atomic E-state index is 5.66. The summed E-state index contributed by atoms with van der Waals surface area (Å²) < 4.78 is 10.8. The molecule has 1 aromatic carbocycles. The molecule has 1 rings (SSSR count). The number of hydrogen-bond donors (Lipinski definition) is 2. The van der Waals surface area contributed by atoms with E-state index in [1.807, 2.05) is 32.3 Å². The van der Waals surface area contributed by atoms with Gasteiger partial charge in [0.25, 0.3) is 0 Å². The van der Waals surface area contributed by atoms with E-state index in [-0.39, 0.29) is 6.04 Å². The van der Waals surface area contributed by atoms with Crippen molar-refractivity contribution in [1.82, 2.24) is 10.3 Å². The molecular formula is C13H23N3O2. The molecule has 5 nitrogen and oxygen atoms in total. The average Bonchev–Trinajstić information content (AvgIpc) is 2.39. The summed E-state index contributed by atoms with van der Waals surface area (Å²) in [7, 11) is 7.37. The highest BCUT2D eigenvalue weighted by Crippen LogP contribution is 2.35. The number of nitrogens with two attached hydrogens (primary N) is 1. The third kappa shape index (κ3) is 3.60. The van der Waals surface area contributed by atoms with Gasteiger partial charge in [0.15, 0.2) is 0 Å². The molecule has 0 amide bonds. The molecule has 0 heterocycles. The van der Waals surface area contributed by atoms with E-state index >= 15 is 0 Å². The summed E-state index contributed by atoms with van der Waals surface area (Å²) in [5.41, 5.74) is 3.80. The molecule has 1 unspecified atom stereocenters. The van der Waals surface area contributed by atoms with E-state index in [1.54, 1.807) is 14.2 Å². The van der Waals surface area contributed by atoms with Crippen LogP contribution in [0.5, 0.6) is 11.5 Å². The fourth-order valence-corrected chi connectivity index (χ4v) is 1.92. The molecule has 102 valence electrons. The Morgan fingerprint density at radius 2 is 1.78 bits per heavy atom. The van der Waals surface area contributed by atoms with Crippen molar-refractivity contribution in [2.45, 2.75) is 12.5 Å². The molecular weight excluding hydrogens is 230 g/mol. The van der Waals surface area contributed by atoms with Gasteiger partial charge in [0.2, 0.25) is 0 Å². The van der Waals surface area contributed by atoms with E-state index < -0.39 is 0 Å². The van der Waals surface area contributed by atoms with Crippen molar-refractivity contribution in [3.05, 3.63) is 23.8 Å². The monoisotopic (exact) mass is 253 g/mol. The minimum absolute atomic E-state index is 0.00139. The summed E-state index contributed by atoms with van der Waals surface area (Å²) in [6.07, 6.45) is 0.875. The van der Waals surface area contributed by atoms with Crippen molar-refractivity contribution in [1.29, 1.82) is 0 Å². The third-order valence-electron chi connectivity index (χ3n) is 2.88. The SMILES string of the molecule is COc1cccc(OC)c1C(CCN(C)C)NN. The first-order valence-electron chi connectivity index (χ1n) is 5.95. The lowest BCUT2D eigenvalue weighted by Crippen LogP contribution is -2.31. The number of hydrogen-bond acceptors (Lipinski definition) is 5. The maximum Gasteiger partial charge on any atom is 0.127 e. The van der Waals surface area contributed by atoms with Gasteiger partial charge >= 0.3 is 0 Å². The highest BCUT2D eigenvalue weighted by molar-refractivity contribution is 5.46. The van der Waals surface area contributed by atoms with Crippen LogP contribution in [0.3, 0.4) is 0 Å². The first-order valence-corrected chi connectivity index (χ1v) is 5.95. The summed E-state index contributed by atoms with van der Waals surface area (Å²) in [6.45, 7) is 0.927. The van der Waals surface area contributed by atoms with Crippen LogP contribution < -0.4 is 20.7 Å². The highest BCUT2D eigenvalue weighted by atomic mass is 16.5. The van der Waals surface area contributed by atoms with Crippen LogP contribution >= 0.6 is 0 Å². The van der Waals surface area contributed by atoms with Gasteiger partial charge < -0.3 is 14.4 Å². The van der Waals surface area contributed by atoms with Gasteiger partial charge in [0, 0.05) is 0 Å². The summed E-state index contributed by atoms with van der Waals surface area (Å²) in [4.78, 5) is 2.12. The Labute approximate surface area is 109 Å². The second kappa shape index (κ2) is 7.20. The van der Waals surface area contributed by atoms with Gasteiger partial charge in [0.05, 0.1) is 25.8 Å². The van der Waals surface area contributed by atoms with Crippen molar-refractivity contribution < 1.29 is 9.47 Å². The lowest BCUT2D eigenvalue weighted by Gasteiger charge is -2.22. The normalized spacial score (nSPS) is 12.6. The fraction of sp³-hybridized carbons (Fsp3) is 0.538. The fourth-order valence-electron chi connectivity index (χ4n) is 1.92. The van der Waals surface area contributed by atoms with Crippen LogP contribution in [0.15, 0.2) is 18.2 Å². The molecule has 0 radical (unpaired) electrons. The van der Waals surface area contributed by atoms with Gasteiger partial charge in [-0.3, -0.25) is 11.3 Å². The van der Waals surface area contributed by atoms with Crippen LogP contribution in [0.2, 0.25) is 0 Å². The Morgan fingerprint density at radius 3 is 2.17 bits per heavy atom. The van der Waals surface area contributed by atoms with Crippen LogP contribution in [-0.2, 0) is 0 Å². The second-order valence-corrected chi connectivity index (χ2v) is 4.39. The topological polar surface area (TPSA) is 59.8 Å². The standard InChI is InChI=1S/C13H23N3O2/c1-16(2)9-8-10(15-14)13-11(17-3)6-5-7-12(13)18-4/h5-7,10,15H,8-9,14H2,1-4H3. The minimum Gasteiger partial charge on any atom is -0.496 e. The van der Waals surface area contributed by atoms with Crippen molar-refractivity contribution >= 4 is 0 Å². The predicted octanol–water partition coefficient (Wildman–Crippen LogP) is 1.16. The minimum atomic E-state index is -0.00139. The first-order chi connectivity index (χ1) is 8.63. The largest absolute Gasteiger partial charge is 0.496 e. The Bertz CT molecular complexity index is 347. The van der Waals surface area contributed by atoms with Crippen molar-refractivity contribution in [3.63, 3.8) is 0 Å². The quantitative estimate of drug-likeness (QED) is 0.564. The van der Waals surface area contributed by atoms with Crippen LogP contribution in [0, 0.1) is 0 Å². The molecule has 0 aliphatic carbocycles. The molecule has 1 atom stereocenters. The smallest absolute Gasteiger partial charge is 0.127 e. The number of rotatable bonds is 7. The molecule has 3 N–H and O–H groups in total. The van der Waals surface area contributed by atoms with E-state index in [1.165, 1.54) is 0 Å². The lowest BCUT2D eigenvalue weighted by molar-refractivity contribution is 0.338. The van der Waals surface area contributed by atoms with Crippen LogP contribution in [-0.4, -0.2) is 39.8 Å².